The van der Waals surface area contributed by atoms with E-state index in [1.165, 1.54) is 19.8 Å². The Morgan fingerprint density at radius 1 is 1.33 bits per heavy atom. The third-order valence-electron chi connectivity index (χ3n) is 3.73. The molecule has 0 radical (unpaired) electrons. The zero-order valence-electron chi connectivity index (χ0n) is 14.6. The van der Waals surface area contributed by atoms with Crippen LogP contribution in [0.2, 0.25) is 0 Å². The van der Waals surface area contributed by atoms with Gasteiger partial charge in [-0.05, 0) is 37.5 Å². The highest BCUT2D eigenvalue weighted by Gasteiger charge is 2.15. The molecule has 6 nitrogen and oxygen atoms in total. The van der Waals surface area contributed by atoms with E-state index in [-0.39, 0.29) is 29.9 Å². The molecule has 24 heavy (non-hydrogen) atoms. The lowest BCUT2D eigenvalue weighted by Crippen LogP contribution is -2.39. The van der Waals surface area contributed by atoms with Crippen LogP contribution in [0.4, 0.5) is 5.69 Å². The molecule has 0 spiro atoms. The number of ether oxygens (including phenoxy) is 1. The van der Waals surface area contributed by atoms with Gasteiger partial charge in [-0.15, -0.1) is 24.0 Å². The number of nitrogens with one attached hydrogen (secondary N) is 2. The summed E-state index contributed by atoms with van der Waals surface area (Å²) in [6.07, 6.45) is 2.44. The van der Waals surface area contributed by atoms with Gasteiger partial charge in [0.15, 0.2) is 5.96 Å². The molecule has 0 aromatic heterocycles. The molecule has 0 aliphatic carbocycles. The minimum absolute atomic E-state index is 0. The Bertz CT molecular complexity index is 572. The lowest BCUT2D eigenvalue weighted by molar-refractivity contribution is -0.114. The van der Waals surface area contributed by atoms with Crippen molar-refractivity contribution >= 4 is 41.5 Å². The Morgan fingerprint density at radius 3 is 2.62 bits per heavy atom. The summed E-state index contributed by atoms with van der Waals surface area (Å²) in [5, 5.41) is 6.14. The van der Waals surface area contributed by atoms with Gasteiger partial charge in [-0.3, -0.25) is 4.79 Å². The number of benzene rings is 1. The highest BCUT2D eigenvalue weighted by molar-refractivity contribution is 14.0. The molecule has 0 saturated carbocycles. The summed E-state index contributed by atoms with van der Waals surface area (Å²) in [5.41, 5.74) is 1.71. The van der Waals surface area contributed by atoms with Gasteiger partial charge in [-0.2, -0.15) is 0 Å². The Kier molecular flexibility index (Phi) is 8.88. The minimum atomic E-state index is -0.116. The van der Waals surface area contributed by atoms with Crippen molar-refractivity contribution in [3.05, 3.63) is 23.8 Å². The van der Waals surface area contributed by atoms with Crippen molar-refractivity contribution in [1.29, 1.82) is 0 Å². The van der Waals surface area contributed by atoms with Crippen molar-refractivity contribution in [3.8, 4) is 5.75 Å². The SMILES string of the molecule is CCNC(=NCc1ccc(OC)c(NC(C)=O)c1)N1CCCC1.I. The molecular formula is C17H27IN4O2. The molecule has 1 aromatic rings. The van der Waals surface area contributed by atoms with Gasteiger partial charge < -0.3 is 20.3 Å². The number of carbonyl (C=O) groups excluding carboxylic acids is 1. The fourth-order valence-electron chi connectivity index (χ4n) is 2.66. The van der Waals surface area contributed by atoms with Crippen LogP contribution in [0, 0.1) is 0 Å². The van der Waals surface area contributed by atoms with Gasteiger partial charge in [0, 0.05) is 26.6 Å². The predicted molar refractivity (Wildman–Crippen MR) is 108 cm³/mol. The van der Waals surface area contributed by atoms with Crippen LogP contribution >= 0.6 is 24.0 Å². The molecule has 7 heteroatoms. The lowest BCUT2D eigenvalue weighted by Gasteiger charge is -2.20. The monoisotopic (exact) mass is 446 g/mol. The fourth-order valence-corrected chi connectivity index (χ4v) is 2.66. The van der Waals surface area contributed by atoms with E-state index < -0.39 is 0 Å². The summed E-state index contributed by atoms with van der Waals surface area (Å²) in [7, 11) is 1.59. The number of rotatable bonds is 5. The summed E-state index contributed by atoms with van der Waals surface area (Å²) in [5.74, 6) is 1.50. The molecule has 1 amide bonds. The number of likely N-dealkylation sites (tertiary alicyclic amines) is 1. The zero-order chi connectivity index (χ0) is 16.7. The summed E-state index contributed by atoms with van der Waals surface area (Å²) in [6.45, 7) is 7.11. The smallest absolute Gasteiger partial charge is 0.221 e. The van der Waals surface area contributed by atoms with Gasteiger partial charge >= 0.3 is 0 Å². The standard InChI is InChI=1S/C17H26N4O2.HI/c1-4-18-17(21-9-5-6-10-21)19-12-14-7-8-16(23-3)15(11-14)20-13(2)22;/h7-8,11H,4-6,9-10,12H2,1-3H3,(H,18,19)(H,20,22);1H. The maximum atomic E-state index is 11.3. The summed E-state index contributed by atoms with van der Waals surface area (Å²) >= 11 is 0. The lowest BCUT2D eigenvalue weighted by atomic mass is 10.2. The average molecular weight is 446 g/mol. The minimum Gasteiger partial charge on any atom is -0.495 e. The molecule has 2 rings (SSSR count). The van der Waals surface area contributed by atoms with E-state index in [1.807, 2.05) is 18.2 Å². The average Bonchev–Trinajstić information content (AvgIpc) is 3.05. The van der Waals surface area contributed by atoms with Crippen LogP contribution in [0.1, 0.15) is 32.3 Å². The second-order valence-electron chi connectivity index (χ2n) is 5.58. The number of hydrogen-bond acceptors (Lipinski definition) is 3. The molecule has 1 saturated heterocycles. The van der Waals surface area contributed by atoms with Gasteiger partial charge in [0.25, 0.3) is 0 Å². The summed E-state index contributed by atoms with van der Waals surface area (Å²) in [6, 6.07) is 5.75. The van der Waals surface area contributed by atoms with Crippen LogP contribution in [-0.2, 0) is 11.3 Å². The molecule has 1 heterocycles. The van der Waals surface area contributed by atoms with E-state index in [4.69, 9.17) is 9.73 Å². The topological polar surface area (TPSA) is 66.0 Å². The Balaban J connectivity index is 0.00000288. The summed E-state index contributed by atoms with van der Waals surface area (Å²) < 4.78 is 5.28. The van der Waals surface area contributed by atoms with Crippen molar-refractivity contribution in [1.82, 2.24) is 10.2 Å². The normalized spacial score (nSPS) is 14.1. The van der Waals surface area contributed by atoms with Gasteiger partial charge in [0.2, 0.25) is 5.91 Å². The molecule has 1 fully saturated rings. The number of anilines is 1. The number of carbonyl (C=O) groups is 1. The maximum absolute atomic E-state index is 11.3. The van der Waals surface area contributed by atoms with Crippen LogP contribution in [0.5, 0.6) is 5.75 Å². The second kappa shape index (κ2) is 10.4. The molecular weight excluding hydrogens is 419 g/mol. The first-order valence-corrected chi connectivity index (χ1v) is 8.11. The first-order valence-electron chi connectivity index (χ1n) is 8.11. The quantitative estimate of drug-likeness (QED) is 0.415. The van der Waals surface area contributed by atoms with Crippen LogP contribution in [-0.4, -0.2) is 43.5 Å². The number of nitrogens with zero attached hydrogens (tertiary/aromatic N) is 2. The maximum Gasteiger partial charge on any atom is 0.221 e. The van der Waals surface area contributed by atoms with Crippen LogP contribution in [0.3, 0.4) is 0 Å². The van der Waals surface area contributed by atoms with E-state index in [0.29, 0.717) is 18.0 Å². The summed E-state index contributed by atoms with van der Waals surface area (Å²) in [4.78, 5) is 18.3. The molecule has 1 aliphatic heterocycles. The predicted octanol–water partition coefficient (Wildman–Crippen LogP) is 2.83. The van der Waals surface area contributed by atoms with Crippen molar-refractivity contribution < 1.29 is 9.53 Å². The van der Waals surface area contributed by atoms with Crippen molar-refractivity contribution in [2.75, 3.05) is 32.1 Å². The van der Waals surface area contributed by atoms with Crippen LogP contribution in [0.25, 0.3) is 0 Å². The molecule has 0 unspecified atom stereocenters. The molecule has 1 aromatic carbocycles. The first-order chi connectivity index (χ1) is 11.1. The highest BCUT2D eigenvalue weighted by atomic mass is 127. The molecule has 0 atom stereocenters. The Labute approximate surface area is 161 Å². The number of methoxy groups -OCH3 is 1. The molecule has 2 N–H and O–H groups in total. The number of hydrogen-bond donors (Lipinski definition) is 2. The number of amides is 1. The van der Waals surface area contributed by atoms with Gasteiger partial charge in [0.05, 0.1) is 19.3 Å². The third kappa shape index (κ3) is 5.85. The van der Waals surface area contributed by atoms with Gasteiger partial charge in [-0.25, -0.2) is 4.99 Å². The van der Waals surface area contributed by atoms with E-state index >= 15 is 0 Å². The van der Waals surface area contributed by atoms with Crippen molar-refractivity contribution in [3.63, 3.8) is 0 Å². The van der Waals surface area contributed by atoms with Gasteiger partial charge in [-0.1, -0.05) is 6.07 Å². The van der Waals surface area contributed by atoms with Crippen LogP contribution in [0.15, 0.2) is 23.2 Å². The number of guanidine groups is 1. The van der Waals surface area contributed by atoms with E-state index in [0.717, 1.165) is 31.2 Å². The highest BCUT2D eigenvalue weighted by Crippen LogP contribution is 2.25. The molecule has 0 bridgehead atoms. The van der Waals surface area contributed by atoms with E-state index in [1.54, 1.807) is 7.11 Å². The van der Waals surface area contributed by atoms with Crippen LogP contribution < -0.4 is 15.4 Å². The van der Waals surface area contributed by atoms with E-state index in [9.17, 15) is 4.79 Å². The number of aliphatic imine (C=N–C) groups is 1. The second-order valence-corrected chi connectivity index (χ2v) is 5.58. The fraction of sp³-hybridized carbons (Fsp3) is 0.529. The largest absolute Gasteiger partial charge is 0.495 e. The number of halogens is 1. The van der Waals surface area contributed by atoms with Crippen molar-refractivity contribution in [2.45, 2.75) is 33.2 Å². The molecule has 1 aliphatic rings. The van der Waals surface area contributed by atoms with E-state index in [2.05, 4.69) is 22.5 Å². The van der Waals surface area contributed by atoms with Crippen molar-refractivity contribution in [2.24, 2.45) is 4.99 Å². The zero-order valence-corrected chi connectivity index (χ0v) is 16.9. The first kappa shape index (κ1) is 20.5. The Hall–Kier alpha value is -1.51. The van der Waals surface area contributed by atoms with Gasteiger partial charge in [0.1, 0.15) is 5.75 Å². The Morgan fingerprint density at radius 2 is 2.04 bits per heavy atom. The molecule has 134 valence electrons. The third-order valence-corrected chi connectivity index (χ3v) is 3.73.